The average molecular weight is 281 g/mol. The first-order valence-electron chi connectivity index (χ1n) is 5.83. The largest absolute Gasteiger partial charge is 0.305 e. The lowest BCUT2D eigenvalue weighted by Crippen LogP contribution is -2.25. The Hall–Kier alpha value is -0.290. The summed E-state index contributed by atoms with van der Waals surface area (Å²) in [6.07, 6.45) is 1.24. The lowest BCUT2D eigenvalue weighted by Gasteiger charge is -2.27. The van der Waals surface area contributed by atoms with Crippen molar-refractivity contribution in [3.63, 3.8) is 0 Å². The molecule has 1 nitrogen and oxygen atoms in total. The van der Waals surface area contributed by atoms with Crippen molar-refractivity contribution in [2.45, 2.75) is 35.4 Å². The third kappa shape index (κ3) is 2.60. The van der Waals surface area contributed by atoms with E-state index < -0.39 is 0 Å². The molecule has 0 bridgehead atoms. The van der Waals surface area contributed by atoms with Crippen LogP contribution in [0.2, 0.25) is 0 Å². The molecule has 1 aliphatic heterocycles. The van der Waals surface area contributed by atoms with Crippen molar-refractivity contribution in [2.24, 2.45) is 0 Å². The molecule has 2 aromatic rings. The second-order valence-corrected chi connectivity index (χ2v) is 8.00. The van der Waals surface area contributed by atoms with Crippen molar-refractivity contribution in [1.82, 2.24) is 5.32 Å². The Balaban J connectivity index is 1.71. The van der Waals surface area contributed by atoms with E-state index in [1.165, 1.54) is 21.1 Å². The Bertz CT molecular complexity index is 475. The lowest BCUT2D eigenvalue weighted by molar-refractivity contribution is 0.490. The van der Waals surface area contributed by atoms with Gasteiger partial charge in [-0.2, -0.15) is 0 Å². The summed E-state index contributed by atoms with van der Waals surface area (Å²) in [6, 6.07) is 7.14. The van der Waals surface area contributed by atoms with Gasteiger partial charge in [0.2, 0.25) is 0 Å². The van der Waals surface area contributed by atoms with Crippen LogP contribution in [0.5, 0.6) is 0 Å². The Kier molecular flexibility index (Phi) is 3.56. The summed E-state index contributed by atoms with van der Waals surface area (Å²) in [6.45, 7) is 3.32. The van der Waals surface area contributed by atoms with Gasteiger partial charge in [0, 0.05) is 22.7 Å². The molecule has 1 N–H and O–H groups in total. The van der Waals surface area contributed by atoms with Crippen LogP contribution in [0.1, 0.15) is 29.8 Å². The minimum atomic E-state index is 0.537. The van der Waals surface area contributed by atoms with Crippen LogP contribution in [-0.2, 0) is 6.54 Å². The summed E-state index contributed by atoms with van der Waals surface area (Å²) in [5, 5.41) is 8.79. The Labute approximate surface area is 114 Å². The topological polar surface area (TPSA) is 12.0 Å². The quantitative estimate of drug-likeness (QED) is 0.887. The minimum absolute atomic E-state index is 0.537. The molecule has 3 heterocycles. The predicted octanol–water partition coefficient (Wildman–Crippen LogP) is 4.52. The van der Waals surface area contributed by atoms with Gasteiger partial charge in [-0.05, 0) is 34.9 Å². The molecule has 0 amide bonds. The molecule has 3 rings (SSSR count). The number of fused-ring (bicyclic) bond motifs is 1. The van der Waals surface area contributed by atoms with Crippen molar-refractivity contribution in [1.29, 1.82) is 0 Å². The van der Waals surface area contributed by atoms with E-state index in [9.17, 15) is 0 Å². The fourth-order valence-corrected chi connectivity index (χ4v) is 5.40. The molecular formula is C13H15NS3. The average Bonchev–Trinajstić information content (AvgIpc) is 2.95. The second kappa shape index (κ2) is 5.14. The van der Waals surface area contributed by atoms with Gasteiger partial charge >= 0.3 is 0 Å². The number of hydrogen-bond donors (Lipinski definition) is 1. The van der Waals surface area contributed by atoms with Crippen molar-refractivity contribution < 1.29 is 0 Å². The molecule has 4 heteroatoms. The predicted molar refractivity (Wildman–Crippen MR) is 78.2 cm³/mol. The molecule has 0 radical (unpaired) electrons. The van der Waals surface area contributed by atoms with Crippen LogP contribution in [0, 0.1) is 0 Å². The molecule has 2 aromatic heterocycles. The zero-order chi connectivity index (χ0) is 11.7. The van der Waals surface area contributed by atoms with Gasteiger partial charge in [-0.25, -0.2) is 0 Å². The van der Waals surface area contributed by atoms with Crippen LogP contribution in [-0.4, -0.2) is 5.25 Å². The summed E-state index contributed by atoms with van der Waals surface area (Å²) in [7, 11) is 0. The van der Waals surface area contributed by atoms with E-state index in [1.807, 2.05) is 34.4 Å². The van der Waals surface area contributed by atoms with Gasteiger partial charge in [0.15, 0.2) is 0 Å². The van der Waals surface area contributed by atoms with E-state index in [2.05, 4.69) is 41.2 Å². The van der Waals surface area contributed by atoms with Gasteiger partial charge in [-0.1, -0.05) is 13.0 Å². The third-order valence-electron chi connectivity index (χ3n) is 3.01. The normalized spacial score (nSPS) is 23.6. The monoisotopic (exact) mass is 281 g/mol. The molecule has 1 aliphatic rings. The van der Waals surface area contributed by atoms with Gasteiger partial charge < -0.3 is 5.32 Å². The van der Waals surface area contributed by atoms with E-state index in [-0.39, 0.29) is 0 Å². The van der Waals surface area contributed by atoms with Crippen molar-refractivity contribution in [3.05, 3.63) is 39.4 Å². The number of thioether (sulfide) groups is 1. The molecule has 0 fully saturated rings. The standard InChI is InChI=1S/C13H15NS3/c1-9-7-12(11-4-6-16-13(11)17-9)14-8-10-3-2-5-15-10/h2-6,9,12,14H,7-8H2,1H3/t9-,12?/m0/s1. The fourth-order valence-electron chi connectivity index (χ4n) is 2.18. The molecule has 1 unspecified atom stereocenters. The van der Waals surface area contributed by atoms with E-state index in [0.29, 0.717) is 6.04 Å². The zero-order valence-corrected chi connectivity index (χ0v) is 12.1. The van der Waals surface area contributed by atoms with E-state index in [0.717, 1.165) is 11.8 Å². The number of nitrogens with one attached hydrogen (secondary N) is 1. The molecule has 90 valence electrons. The van der Waals surface area contributed by atoms with E-state index >= 15 is 0 Å². The summed E-state index contributed by atoms with van der Waals surface area (Å²) in [5.74, 6) is 0. The first kappa shape index (κ1) is 11.8. The van der Waals surface area contributed by atoms with Crippen LogP contribution < -0.4 is 5.32 Å². The van der Waals surface area contributed by atoms with Crippen LogP contribution in [0.25, 0.3) is 0 Å². The van der Waals surface area contributed by atoms with E-state index in [1.54, 1.807) is 0 Å². The molecule has 0 spiro atoms. The summed E-state index contributed by atoms with van der Waals surface area (Å²) in [4.78, 5) is 1.42. The van der Waals surface area contributed by atoms with Crippen molar-refractivity contribution in [3.8, 4) is 0 Å². The molecule has 0 aromatic carbocycles. The summed E-state index contributed by atoms with van der Waals surface area (Å²) >= 11 is 5.74. The van der Waals surface area contributed by atoms with Gasteiger partial charge in [0.05, 0.1) is 4.21 Å². The molecular weight excluding hydrogens is 266 g/mol. The van der Waals surface area contributed by atoms with Crippen molar-refractivity contribution >= 4 is 34.4 Å². The molecule has 0 saturated heterocycles. The highest BCUT2D eigenvalue weighted by molar-refractivity contribution is 8.01. The Morgan fingerprint density at radius 1 is 1.29 bits per heavy atom. The maximum atomic E-state index is 3.70. The first-order chi connectivity index (χ1) is 8.33. The number of rotatable bonds is 3. The SMILES string of the molecule is C[C@H]1CC(NCc2cccs2)c2ccsc2S1. The van der Waals surface area contributed by atoms with Crippen molar-refractivity contribution in [2.75, 3.05) is 0 Å². The highest BCUT2D eigenvalue weighted by Crippen LogP contribution is 2.43. The van der Waals surface area contributed by atoms with Gasteiger partial charge in [0.1, 0.15) is 0 Å². The second-order valence-electron chi connectivity index (χ2n) is 4.34. The number of hydrogen-bond acceptors (Lipinski definition) is 4. The van der Waals surface area contributed by atoms with E-state index in [4.69, 9.17) is 0 Å². The molecule has 2 atom stereocenters. The van der Waals surface area contributed by atoms with Crippen LogP contribution in [0.3, 0.4) is 0 Å². The smallest absolute Gasteiger partial charge is 0.0649 e. The lowest BCUT2D eigenvalue weighted by atomic mass is 10.0. The third-order valence-corrected chi connectivity index (χ3v) is 6.23. The van der Waals surface area contributed by atoms with Gasteiger partial charge in [-0.3, -0.25) is 0 Å². The first-order valence-corrected chi connectivity index (χ1v) is 8.46. The van der Waals surface area contributed by atoms with Crippen LogP contribution in [0.4, 0.5) is 0 Å². The highest BCUT2D eigenvalue weighted by atomic mass is 32.2. The summed E-state index contributed by atoms with van der Waals surface area (Å²) < 4.78 is 1.51. The van der Waals surface area contributed by atoms with Crippen LogP contribution >= 0.6 is 34.4 Å². The zero-order valence-electron chi connectivity index (χ0n) is 9.68. The van der Waals surface area contributed by atoms with Gasteiger partial charge in [0.25, 0.3) is 0 Å². The Morgan fingerprint density at radius 2 is 2.24 bits per heavy atom. The van der Waals surface area contributed by atoms with Gasteiger partial charge in [-0.15, -0.1) is 34.4 Å². The fraction of sp³-hybridized carbons (Fsp3) is 0.385. The number of thiophene rings is 2. The summed E-state index contributed by atoms with van der Waals surface area (Å²) in [5.41, 5.74) is 1.51. The highest BCUT2D eigenvalue weighted by Gasteiger charge is 2.25. The molecule has 0 aliphatic carbocycles. The van der Waals surface area contributed by atoms with Crippen LogP contribution in [0.15, 0.2) is 33.2 Å². The Morgan fingerprint density at radius 3 is 3.06 bits per heavy atom. The maximum Gasteiger partial charge on any atom is 0.0649 e. The molecule has 17 heavy (non-hydrogen) atoms. The minimum Gasteiger partial charge on any atom is -0.305 e. The maximum absolute atomic E-state index is 3.70. The molecule has 0 saturated carbocycles.